The zero-order chi connectivity index (χ0) is 18.8. The Bertz CT molecular complexity index is 734. The predicted octanol–water partition coefficient (Wildman–Crippen LogP) is 1.26. The molecule has 2 aliphatic heterocycles. The molecule has 2 aliphatic rings. The first kappa shape index (κ1) is 18.2. The summed E-state index contributed by atoms with van der Waals surface area (Å²) in [4.78, 5) is 54.3. The van der Waals surface area contributed by atoms with Gasteiger partial charge >= 0.3 is 5.97 Å². The zero-order valence-electron chi connectivity index (χ0n) is 14.3. The van der Waals surface area contributed by atoms with Gasteiger partial charge in [-0.15, -0.1) is 16.8 Å². The van der Waals surface area contributed by atoms with Crippen LogP contribution in [0.2, 0.25) is 0 Å². The standard InChI is InChI=1S/C17H18N2O6S/c1-10(20)18-13(17(23)25-19-14(21)7-8-15(19)22)9-26-16(18)11-3-5-12(24-2)6-4-11/h3-6,13,16H,7-9H2,1-2H3/t13-,16+/m1/s1. The van der Waals surface area contributed by atoms with Crippen LogP contribution in [0.4, 0.5) is 0 Å². The van der Waals surface area contributed by atoms with Crippen molar-refractivity contribution in [3.05, 3.63) is 29.8 Å². The smallest absolute Gasteiger partial charge is 0.356 e. The van der Waals surface area contributed by atoms with Gasteiger partial charge in [-0.3, -0.25) is 14.4 Å². The lowest BCUT2D eigenvalue weighted by atomic mass is 10.1. The van der Waals surface area contributed by atoms with E-state index in [0.29, 0.717) is 16.6 Å². The maximum atomic E-state index is 12.5. The van der Waals surface area contributed by atoms with Crippen LogP contribution in [0.3, 0.4) is 0 Å². The summed E-state index contributed by atoms with van der Waals surface area (Å²) in [6, 6.07) is 6.34. The molecule has 8 nitrogen and oxygen atoms in total. The van der Waals surface area contributed by atoms with E-state index in [2.05, 4.69) is 0 Å². The molecular weight excluding hydrogens is 360 g/mol. The Morgan fingerprint density at radius 1 is 1.12 bits per heavy atom. The van der Waals surface area contributed by atoms with Gasteiger partial charge in [0, 0.05) is 25.5 Å². The van der Waals surface area contributed by atoms with Gasteiger partial charge in [-0.05, 0) is 17.7 Å². The fourth-order valence-electron chi connectivity index (χ4n) is 2.91. The molecule has 26 heavy (non-hydrogen) atoms. The number of carbonyl (C=O) groups excluding carboxylic acids is 4. The molecule has 0 unspecified atom stereocenters. The molecule has 2 heterocycles. The minimum atomic E-state index is -0.870. The van der Waals surface area contributed by atoms with Gasteiger partial charge in [0.15, 0.2) is 0 Å². The Labute approximate surface area is 154 Å². The van der Waals surface area contributed by atoms with Crippen molar-refractivity contribution in [3.8, 4) is 5.75 Å². The van der Waals surface area contributed by atoms with Gasteiger partial charge in [0.2, 0.25) is 5.91 Å². The Hall–Kier alpha value is -2.55. The fourth-order valence-corrected chi connectivity index (χ4v) is 4.37. The number of amides is 3. The molecule has 0 bridgehead atoms. The molecule has 3 rings (SSSR count). The van der Waals surface area contributed by atoms with E-state index in [-0.39, 0.29) is 24.1 Å². The van der Waals surface area contributed by atoms with E-state index >= 15 is 0 Å². The Kier molecular flexibility index (Phi) is 5.17. The second-order valence-corrected chi connectivity index (χ2v) is 7.01. The average molecular weight is 378 g/mol. The quantitative estimate of drug-likeness (QED) is 0.728. The highest BCUT2D eigenvalue weighted by Crippen LogP contribution is 2.42. The summed E-state index contributed by atoms with van der Waals surface area (Å²) < 4.78 is 5.13. The minimum Gasteiger partial charge on any atom is -0.497 e. The molecule has 1 aromatic rings. The van der Waals surface area contributed by atoms with Crippen molar-refractivity contribution >= 4 is 35.5 Å². The third-order valence-electron chi connectivity index (χ3n) is 4.22. The highest BCUT2D eigenvalue weighted by atomic mass is 32.2. The molecule has 3 amide bonds. The third-order valence-corrected chi connectivity index (χ3v) is 5.55. The molecule has 1 aromatic carbocycles. The van der Waals surface area contributed by atoms with E-state index < -0.39 is 23.8 Å². The summed E-state index contributed by atoms with van der Waals surface area (Å²) in [5.74, 6) is -1.17. The van der Waals surface area contributed by atoms with E-state index in [1.165, 1.54) is 23.6 Å². The van der Waals surface area contributed by atoms with Gasteiger partial charge in [0.05, 0.1) is 7.11 Å². The lowest BCUT2D eigenvalue weighted by molar-refractivity contribution is -0.200. The maximum Gasteiger partial charge on any atom is 0.356 e. The molecule has 2 fully saturated rings. The second kappa shape index (κ2) is 7.36. The normalized spacial score (nSPS) is 22.7. The van der Waals surface area contributed by atoms with Crippen molar-refractivity contribution in [2.45, 2.75) is 31.2 Å². The highest BCUT2D eigenvalue weighted by molar-refractivity contribution is 7.99. The van der Waals surface area contributed by atoms with Gasteiger partial charge in [-0.25, -0.2) is 4.79 Å². The van der Waals surface area contributed by atoms with E-state index in [9.17, 15) is 19.2 Å². The summed E-state index contributed by atoms with van der Waals surface area (Å²) in [6.45, 7) is 1.37. The van der Waals surface area contributed by atoms with E-state index in [1.807, 2.05) is 12.1 Å². The molecular formula is C17H18N2O6S. The minimum absolute atomic E-state index is 0.0242. The predicted molar refractivity (Wildman–Crippen MR) is 91.7 cm³/mol. The monoisotopic (exact) mass is 378 g/mol. The maximum absolute atomic E-state index is 12.5. The van der Waals surface area contributed by atoms with Gasteiger partial charge in [-0.1, -0.05) is 12.1 Å². The number of ether oxygens (including phenoxy) is 1. The number of hydrogen-bond donors (Lipinski definition) is 0. The van der Waals surface area contributed by atoms with Gasteiger partial charge in [0.25, 0.3) is 11.8 Å². The third kappa shape index (κ3) is 3.39. The largest absolute Gasteiger partial charge is 0.497 e. The first-order valence-corrected chi connectivity index (χ1v) is 9.09. The van der Waals surface area contributed by atoms with Crippen molar-refractivity contribution in [3.63, 3.8) is 0 Å². The van der Waals surface area contributed by atoms with E-state index in [0.717, 1.165) is 5.56 Å². The number of methoxy groups -OCH3 is 1. The number of carbonyl (C=O) groups is 4. The van der Waals surface area contributed by atoms with Crippen LogP contribution in [0.15, 0.2) is 24.3 Å². The number of imide groups is 1. The molecule has 0 N–H and O–H groups in total. The van der Waals surface area contributed by atoms with Crippen molar-refractivity contribution in [1.82, 2.24) is 9.96 Å². The SMILES string of the molecule is COc1ccc([C@@H]2SC[C@H](C(=O)ON3C(=O)CCC3=O)N2C(C)=O)cc1. The average Bonchev–Trinajstić information content (AvgIpc) is 3.21. The van der Waals surface area contributed by atoms with Crippen LogP contribution in [0.5, 0.6) is 5.75 Å². The van der Waals surface area contributed by atoms with Gasteiger partial charge in [0.1, 0.15) is 17.2 Å². The number of hydrogen-bond acceptors (Lipinski definition) is 7. The van der Waals surface area contributed by atoms with Crippen molar-refractivity contribution in [2.24, 2.45) is 0 Å². The molecule has 2 saturated heterocycles. The van der Waals surface area contributed by atoms with Crippen LogP contribution >= 0.6 is 11.8 Å². The second-order valence-electron chi connectivity index (χ2n) is 5.89. The number of nitrogens with zero attached hydrogens (tertiary/aromatic N) is 2. The van der Waals surface area contributed by atoms with Crippen LogP contribution in [0, 0.1) is 0 Å². The van der Waals surface area contributed by atoms with Gasteiger partial charge in [-0.2, -0.15) is 0 Å². The lowest BCUT2D eigenvalue weighted by Crippen LogP contribution is -2.45. The van der Waals surface area contributed by atoms with Crippen LogP contribution in [0.1, 0.15) is 30.7 Å². The Balaban J connectivity index is 1.77. The van der Waals surface area contributed by atoms with Crippen LogP contribution in [0.25, 0.3) is 0 Å². The lowest BCUT2D eigenvalue weighted by Gasteiger charge is -2.28. The summed E-state index contributed by atoms with van der Waals surface area (Å²) in [6.07, 6.45) is 0.0485. The molecule has 0 aliphatic carbocycles. The van der Waals surface area contributed by atoms with Crippen molar-refractivity contribution < 1.29 is 28.8 Å². The first-order valence-electron chi connectivity index (χ1n) is 8.04. The molecule has 9 heteroatoms. The molecule has 0 radical (unpaired) electrons. The highest BCUT2D eigenvalue weighted by Gasteiger charge is 2.44. The molecule has 0 spiro atoms. The summed E-state index contributed by atoms with van der Waals surface area (Å²) >= 11 is 1.42. The van der Waals surface area contributed by atoms with Crippen LogP contribution in [-0.2, 0) is 24.0 Å². The molecule has 138 valence electrons. The number of thioether (sulfide) groups is 1. The van der Waals surface area contributed by atoms with Gasteiger partial charge < -0.3 is 14.5 Å². The summed E-state index contributed by atoms with van der Waals surface area (Å²) in [5, 5.41) is 0.146. The van der Waals surface area contributed by atoms with E-state index in [4.69, 9.17) is 9.57 Å². The Morgan fingerprint density at radius 2 is 1.73 bits per heavy atom. The molecule has 2 atom stereocenters. The summed E-state index contributed by atoms with van der Waals surface area (Å²) in [5.41, 5.74) is 0.842. The molecule has 0 aromatic heterocycles. The number of benzene rings is 1. The first-order chi connectivity index (χ1) is 12.4. The number of hydroxylamine groups is 2. The zero-order valence-corrected chi connectivity index (χ0v) is 15.2. The summed E-state index contributed by atoms with van der Waals surface area (Å²) in [7, 11) is 1.56. The van der Waals surface area contributed by atoms with Crippen LogP contribution in [-0.4, -0.2) is 52.6 Å². The van der Waals surface area contributed by atoms with Crippen LogP contribution < -0.4 is 4.74 Å². The van der Waals surface area contributed by atoms with E-state index in [1.54, 1.807) is 19.2 Å². The Morgan fingerprint density at radius 3 is 2.27 bits per heavy atom. The van der Waals surface area contributed by atoms with Crippen molar-refractivity contribution in [1.29, 1.82) is 0 Å². The van der Waals surface area contributed by atoms with Crippen molar-refractivity contribution in [2.75, 3.05) is 12.9 Å². The molecule has 0 saturated carbocycles. The topological polar surface area (TPSA) is 93.2 Å². The fraction of sp³-hybridized carbons (Fsp3) is 0.412. The number of rotatable bonds is 4.